The van der Waals surface area contributed by atoms with E-state index in [2.05, 4.69) is 20.2 Å². The second kappa shape index (κ2) is 4.92. The lowest BCUT2D eigenvalue weighted by Gasteiger charge is -2.32. The number of aromatic nitrogens is 2. The summed E-state index contributed by atoms with van der Waals surface area (Å²) in [6.07, 6.45) is 5.27. The Bertz CT molecular complexity index is 346. The van der Waals surface area contributed by atoms with Crippen molar-refractivity contribution < 1.29 is 4.79 Å². The van der Waals surface area contributed by atoms with Crippen molar-refractivity contribution in [1.29, 1.82) is 0 Å². The molecule has 0 bridgehead atoms. The minimum atomic E-state index is 0.0560. The van der Waals surface area contributed by atoms with E-state index in [1.807, 2.05) is 6.07 Å². The highest BCUT2D eigenvalue weighted by Gasteiger charge is 2.20. The molecule has 1 aliphatic rings. The molecule has 0 radical (unpaired) electrons. The van der Waals surface area contributed by atoms with Crippen LogP contribution < -0.4 is 10.2 Å². The number of carbonyl (C=O) groups excluding carboxylic acids is 1. The maximum Gasteiger partial charge on any atom is 0.217 e. The van der Waals surface area contributed by atoms with Crippen molar-refractivity contribution in [3.8, 4) is 0 Å². The fraction of sp³-hybridized carbons (Fsp3) is 0.545. The monoisotopic (exact) mass is 220 g/mol. The van der Waals surface area contributed by atoms with Gasteiger partial charge in [-0.3, -0.25) is 4.79 Å². The molecule has 1 saturated heterocycles. The van der Waals surface area contributed by atoms with E-state index in [0.29, 0.717) is 6.04 Å². The van der Waals surface area contributed by atoms with Gasteiger partial charge in [-0.05, 0) is 18.9 Å². The lowest BCUT2D eigenvalue weighted by molar-refractivity contribution is -0.119. The van der Waals surface area contributed by atoms with Crippen molar-refractivity contribution in [2.75, 3.05) is 18.0 Å². The third kappa shape index (κ3) is 2.68. The molecule has 5 nitrogen and oxygen atoms in total. The first kappa shape index (κ1) is 10.9. The van der Waals surface area contributed by atoms with Crippen LogP contribution in [0.5, 0.6) is 0 Å². The minimum absolute atomic E-state index is 0.0560. The normalized spacial score (nSPS) is 17.2. The van der Waals surface area contributed by atoms with Gasteiger partial charge in [0.25, 0.3) is 0 Å². The largest absolute Gasteiger partial charge is 0.356 e. The van der Waals surface area contributed by atoms with Gasteiger partial charge in [-0.25, -0.2) is 9.97 Å². The van der Waals surface area contributed by atoms with Gasteiger partial charge in [0.1, 0.15) is 12.1 Å². The van der Waals surface area contributed by atoms with E-state index in [4.69, 9.17) is 0 Å². The smallest absolute Gasteiger partial charge is 0.217 e. The number of amides is 1. The lowest BCUT2D eigenvalue weighted by atomic mass is 10.1. The summed E-state index contributed by atoms with van der Waals surface area (Å²) >= 11 is 0. The number of rotatable bonds is 2. The standard InChI is InChI=1S/C11H16N4O/c1-9(16)14-10-3-6-15(7-4-10)11-2-5-12-8-13-11/h2,5,8,10H,3-4,6-7H2,1H3,(H,14,16). The van der Waals surface area contributed by atoms with Gasteiger partial charge in [0.2, 0.25) is 5.91 Å². The maximum atomic E-state index is 10.9. The molecule has 0 atom stereocenters. The molecule has 1 fully saturated rings. The third-order valence-corrected chi connectivity index (χ3v) is 2.79. The molecule has 0 aromatic carbocycles. The van der Waals surface area contributed by atoms with Gasteiger partial charge in [0, 0.05) is 32.3 Å². The predicted octanol–water partition coefficient (Wildman–Crippen LogP) is 0.581. The average Bonchev–Trinajstić information content (AvgIpc) is 2.30. The molecule has 0 unspecified atom stereocenters. The summed E-state index contributed by atoms with van der Waals surface area (Å²) in [7, 11) is 0. The fourth-order valence-electron chi connectivity index (χ4n) is 2.01. The van der Waals surface area contributed by atoms with E-state index in [0.717, 1.165) is 31.7 Å². The molecule has 1 aliphatic heterocycles. The van der Waals surface area contributed by atoms with E-state index in [9.17, 15) is 4.79 Å². The molecule has 16 heavy (non-hydrogen) atoms. The topological polar surface area (TPSA) is 58.1 Å². The van der Waals surface area contributed by atoms with E-state index in [-0.39, 0.29) is 5.91 Å². The molecule has 1 aromatic rings. The zero-order valence-corrected chi connectivity index (χ0v) is 9.39. The van der Waals surface area contributed by atoms with Crippen LogP contribution in [0.25, 0.3) is 0 Å². The van der Waals surface area contributed by atoms with Gasteiger partial charge in [0.15, 0.2) is 0 Å². The van der Waals surface area contributed by atoms with Gasteiger partial charge in [-0.2, -0.15) is 0 Å². The van der Waals surface area contributed by atoms with Gasteiger partial charge in [-0.1, -0.05) is 0 Å². The molecular weight excluding hydrogens is 204 g/mol. The Hall–Kier alpha value is -1.65. The van der Waals surface area contributed by atoms with Crippen LogP contribution >= 0.6 is 0 Å². The molecular formula is C11H16N4O. The average molecular weight is 220 g/mol. The molecule has 2 heterocycles. The highest BCUT2D eigenvalue weighted by atomic mass is 16.1. The number of carbonyl (C=O) groups is 1. The summed E-state index contributed by atoms with van der Waals surface area (Å²) in [6, 6.07) is 2.23. The van der Waals surface area contributed by atoms with Crippen molar-refractivity contribution in [1.82, 2.24) is 15.3 Å². The number of piperidine rings is 1. The Morgan fingerprint density at radius 3 is 2.81 bits per heavy atom. The van der Waals surface area contributed by atoms with E-state index in [1.165, 1.54) is 0 Å². The fourth-order valence-corrected chi connectivity index (χ4v) is 2.01. The summed E-state index contributed by atoms with van der Waals surface area (Å²) in [5, 5.41) is 2.96. The van der Waals surface area contributed by atoms with Crippen LogP contribution in [-0.2, 0) is 4.79 Å². The van der Waals surface area contributed by atoms with Crippen molar-refractivity contribution in [3.63, 3.8) is 0 Å². The number of nitrogens with zero attached hydrogens (tertiary/aromatic N) is 3. The molecule has 1 N–H and O–H groups in total. The SMILES string of the molecule is CC(=O)NC1CCN(c2ccncn2)CC1. The molecule has 0 spiro atoms. The number of hydrogen-bond acceptors (Lipinski definition) is 4. The van der Waals surface area contributed by atoms with Crippen molar-refractivity contribution in [2.45, 2.75) is 25.8 Å². The highest BCUT2D eigenvalue weighted by Crippen LogP contribution is 2.16. The Labute approximate surface area is 94.9 Å². The first-order chi connectivity index (χ1) is 7.75. The number of nitrogens with one attached hydrogen (secondary N) is 1. The Kier molecular flexibility index (Phi) is 3.34. The van der Waals surface area contributed by atoms with Crippen LogP contribution in [0, 0.1) is 0 Å². The van der Waals surface area contributed by atoms with Crippen molar-refractivity contribution >= 4 is 11.7 Å². The molecule has 0 saturated carbocycles. The minimum Gasteiger partial charge on any atom is -0.356 e. The summed E-state index contributed by atoms with van der Waals surface area (Å²) in [4.78, 5) is 21.3. The summed E-state index contributed by atoms with van der Waals surface area (Å²) in [5.41, 5.74) is 0. The van der Waals surface area contributed by atoms with Crippen LogP contribution in [0.1, 0.15) is 19.8 Å². The van der Waals surface area contributed by atoms with Crippen molar-refractivity contribution in [2.24, 2.45) is 0 Å². The van der Waals surface area contributed by atoms with E-state index in [1.54, 1.807) is 19.4 Å². The third-order valence-electron chi connectivity index (χ3n) is 2.79. The Morgan fingerprint density at radius 2 is 2.25 bits per heavy atom. The number of anilines is 1. The molecule has 86 valence electrons. The van der Waals surface area contributed by atoms with Crippen LogP contribution in [0.3, 0.4) is 0 Å². The maximum absolute atomic E-state index is 10.9. The van der Waals surface area contributed by atoms with Gasteiger partial charge >= 0.3 is 0 Å². The van der Waals surface area contributed by atoms with E-state index < -0.39 is 0 Å². The van der Waals surface area contributed by atoms with E-state index >= 15 is 0 Å². The van der Waals surface area contributed by atoms with Crippen LogP contribution in [0.2, 0.25) is 0 Å². The molecule has 1 aromatic heterocycles. The summed E-state index contributed by atoms with van der Waals surface area (Å²) in [6.45, 7) is 3.43. The first-order valence-electron chi connectivity index (χ1n) is 5.54. The van der Waals surface area contributed by atoms with Gasteiger partial charge in [0.05, 0.1) is 0 Å². The van der Waals surface area contributed by atoms with Gasteiger partial charge in [-0.15, -0.1) is 0 Å². The first-order valence-corrected chi connectivity index (χ1v) is 5.54. The van der Waals surface area contributed by atoms with Crippen LogP contribution in [-0.4, -0.2) is 35.0 Å². The summed E-state index contributed by atoms with van der Waals surface area (Å²) in [5.74, 6) is 1.02. The van der Waals surface area contributed by atoms with Crippen LogP contribution in [0.15, 0.2) is 18.6 Å². The number of hydrogen-bond donors (Lipinski definition) is 1. The van der Waals surface area contributed by atoms with Crippen molar-refractivity contribution in [3.05, 3.63) is 18.6 Å². The lowest BCUT2D eigenvalue weighted by Crippen LogP contribution is -2.44. The molecule has 1 amide bonds. The van der Waals surface area contributed by atoms with Crippen LogP contribution in [0.4, 0.5) is 5.82 Å². The van der Waals surface area contributed by atoms with Gasteiger partial charge < -0.3 is 10.2 Å². The second-order valence-electron chi connectivity index (χ2n) is 4.03. The molecule has 2 rings (SSSR count). The Morgan fingerprint density at radius 1 is 1.50 bits per heavy atom. The highest BCUT2D eigenvalue weighted by molar-refractivity contribution is 5.73. The predicted molar refractivity (Wildman–Crippen MR) is 61.1 cm³/mol. The quantitative estimate of drug-likeness (QED) is 0.792. The second-order valence-corrected chi connectivity index (χ2v) is 4.03. The molecule has 0 aliphatic carbocycles. The summed E-state index contributed by atoms with van der Waals surface area (Å²) < 4.78 is 0. The molecule has 5 heteroatoms. The zero-order valence-electron chi connectivity index (χ0n) is 9.39. The zero-order chi connectivity index (χ0) is 11.4. The Balaban J connectivity index is 1.88.